The molecule has 0 fully saturated rings. The average Bonchev–Trinajstić information content (AvgIpc) is 2.40. The van der Waals surface area contributed by atoms with Gasteiger partial charge < -0.3 is 9.84 Å². The lowest BCUT2D eigenvalue weighted by Crippen LogP contribution is -1.95. The Hall–Kier alpha value is -1.39. The molecule has 0 saturated carbocycles. The van der Waals surface area contributed by atoms with Crippen LogP contribution in [0.4, 0.5) is 4.39 Å². The second kappa shape index (κ2) is 6.37. The van der Waals surface area contributed by atoms with E-state index >= 15 is 0 Å². The lowest BCUT2D eigenvalue weighted by molar-refractivity contribution is 0.280. The Labute approximate surface area is 126 Å². The first-order valence-electron chi connectivity index (χ1n) is 6.37. The summed E-state index contributed by atoms with van der Waals surface area (Å²) in [6.07, 6.45) is 0. The van der Waals surface area contributed by atoms with Crippen molar-refractivity contribution in [2.75, 3.05) is 0 Å². The standard InChI is InChI=1S/C16H16BrFO2/c1-10(2)15-7-12(17)3-4-16(15)20-14-6-11(9-19)5-13(18)8-14/h3-8,10,19H,9H2,1-2H3. The van der Waals surface area contributed by atoms with Crippen LogP contribution in [0, 0.1) is 5.82 Å². The van der Waals surface area contributed by atoms with Crippen LogP contribution in [0.25, 0.3) is 0 Å². The van der Waals surface area contributed by atoms with Gasteiger partial charge in [0.05, 0.1) is 6.61 Å². The Morgan fingerprint density at radius 1 is 1.20 bits per heavy atom. The van der Waals surface area contributed by atoms with Crippen LogP contribution >= 0.6 is 15.9 Å². The van der Waals surface area contributed by atoms with Gasteiger partial charge in [-0.3, -0.25) is 0 Å². The first kappa shape index (κ1) is 15.0. The number of rotatable bonds is 4. The molecule has 2 aromatic rings. The van der Waals surface area contributed by atoms with Crippen LogP contribution in [-0.2, 0) is 6.61 Å². The van der Waals surface area contributed by atoms with Gasteiger partial charge in [0.25, 0.3) is 0 Å². The molecule has 0 atom stereocenters. The fourth-order valence-corrected chi connectivity index (χ4v) is 2.34. The minimum absolute atomic E-state index is 0.217. The maximum absolute atomic E-state index is 13.4. The van der Waals surface area contributed by atoms with Crippen LogP contribution in [-0.4, -0.2) is 5.11 Å². The van der Waals surface area contributed by atoms with E-state index in [1.54, 1.807) is 6.07 Å². The molecular weight excluding hydrogens is 323 g/mol. The first-order valence-corrected chi connectivity index (χ1v) is 7.16. The maximum Gasteiger partial charge on any atom is 0.130 e. The van der Waals surface area contributed by atoms with E-state index in [0.29, 0.717) is 17.1 Å². The Balaban J connectivity index is 2.37. The summed E-state index contributed by atoms with van der Waals surface area (Å²) in [5.74, 6) is 0.944. The second-order valence-electron chi connectivity index (χ2n) is 4.89. The SMILES string of the molecule is CC(C)c1cc(Br)ccc1Oc1cc(F)cc(CO)c1. The third kappa shape index (κ3) is 3.58. The van der Waals surface area contributed by atoms with Crippen molar-refractivity contribution in [2.45, 2.75) is 26.4 Å². The highest BCUT2D eigenvalue weighted by Gasteiger charge is 2.10. The van der Waals surface area contributed by atoms with Crippen molar-refractivity contribution in [2.24, 2.45) is 0 Å². The number of hydrogen-bond acceptors (Lipinski definition) is 2. The average molecular weight is 339 g/mol. The zero-order chi connectivity index (χ0) is 14.7. The third-order valence-electron chi connectivity index (χ3n) is 2.94. The van der Waals surface area contributed by atoms with Crippen molar-refractivity contribution >= 4 is 15.9 Å². The van der Waals surface area contributed by atoms with Crippen LogP contribution in [0.3, 0.4) is 0 Å². The van der Waals surface area contributed by atoms with Crippen LogP contribution < -0.4 is 4.74 Å². The van der Waals surface area contributed by atoms with E-state index in [2.05, 4.69) is 29.8 Å². The van der Waals surface area contributed by atoms with Gasteiger partial charge in [0.2, 0.25) is 0 Å². The molecule has 2 aromatic carbocycles. The van der Waals surface area contributed by atoms with Gasteiger partial charge in [-0.25, -0.2) is 4.39 Å². The van der Waals surface area contributed by atoms with Crippen LogP contribution in [0.5, 0.6) is 11.5 Å². The number of ether oxygens (including phenoxy) is 1. The molecule has 4 heteroatoms. The van der Waals surface area contributed by atoms with Crippen molar-refractivity contribution in [1.82, 2.24) is 0 Å². The van der Waals surface area contributed by atoms with Gasteiger partial charge in [0.1, 0.15) is 17.3 Å². The summed E-state index contributed by atoms with van der Waals surface area (Å²) in [4.78, 5) is 0. The van der Waals surface area contributed by atoms with Crippen molar-refractivity contribution < 1.29 is 14.2 Å². The first-order chi connectivity index (χ1) is 9.49. The molecule has 2 nitrogen and oxygen atoms in total. The summed E-state index contributed by atoms with van der Waals surface area (Å²) in [6, 6.07) is 9.96. The zero-order valence-corrected chi connectivity index (χ0v) is 12.9. The van der Waals surface area contributed by atoms with Crippen molar-refractivity contribution in [3.05, 3.63) is 57.8 Å². The van der Waals surface area contributed by atoms with E-state index in [0.717, 1.165) is 10.0 Å². The normalized spacial score (nSPS) is 10.9. The highest BCUT2D eigenvalue weighted by Crippen LogP contribution is 2.33. The van der Waals surface area contributed by atoms with Gasteiger partial charge in [0, 0.05) is 10.5 Å². The number of hydrogen-bond donors (Lipinski definition) is 1. The van der Waals surface area contributed by atoms with Gasteiger partial charge >= 0.3 is 0 Å². The lowest BCUT2D eigenvalue weighted by atomic mass is 10.0. The largest absolute Gasteiger partial charge is 0.457 e. The van der Waals surface area contributed by atoms with Crippen LogP contribution in [0.2, 0.25) is 0 Å². The quantitative estimate of drug-likeness (QED) is 0.850. The third-order valence-corrected chi connectivity index (χ3v) is 3.43. The van der Waals surface area contributed by atoms with E-state index in [-0.39, 0.29) is 12.5 Å². The predicted octanol–water partition coefficient (Wildman–Crippen LogP) is 5.00. The molecule has 0 aliphatic rings. The summed E-state index contributed by atoms with van der Waals surface area (Å²) < 4.78 is 20.2. The lowest BCUT2D eigenvalue weighted by Gasteiger charge is -2.15. The minimum atomic E-state index is -0.422. The molecule has 0 saturated heterocycles. The van der Waals surface area contributed by atoms with E-state index in [4.69, 9.17) is 9.84 Å². The molecule has 0 heterocycles. The van der Waals surface area contributed by atoms with Gasteiger partial charge in [-0.2, -0.15) is 0 Å². The molecule has 0 aromatic heterocycles. The van der Waals surface area contributed by atoms with Crippen molar-refractivity contribution in [3.63, 3.8) is 0 Å². The number of aliphatic hydroxyl groups excluding tert-OH is 1. The summed E-state index contributed by atoms with van der Waals surface area (Å²) in [7, 11) is 0. The smallest absolute Gasteiger partial charge is 0.130 e. The summed E-state index contributed by atoms with van der Waals surface area (Å²) >= 11 is 3.44. The highest BCUT2D eigenvalue weighted by atomic mass is 79.9. The molecule has 0 amide bonds. The molecule has 0 radical (unpaired) electrons. The van der Waals surface area contributed by atoms with Gasteiger partial charge in [0.15, 0.2) is 0 Å². The molecular formula is C16H16BrFO2. The summed E-state index contributed by atoms with van der Waals surface area (Å²) in [6.45, 7) is 3.92. The van der Waals surface area contributed by atoms with Crippen molar-refractivity contribution in [3.8, 4) is 11.5 Å². The monoisotopic (exact) mass is 338 g/mol. The van der Waals surface area contributed by atoms with Crippen LogP contribution in [0.1, 0.15) is 30.9 Å². The summed E-state index contributed by atoms with van der Waals surface area (Å²) in [5, 5.41) is 9.10. The molecule has 0 aliphatic carbocycles. The Morgan fingerprint density at radius 3 is 2.60 bits per heavy atom. The topological polar surface area (TPSA) is 29.5 Å². The molecule has 2 rings (SSSR count). The number of halogens is 2. The zero-order valence-electron chi connectivity index (χ0n) is 11.4. The van der Waals surface area contributed by atoms with Gasteiger partial charge in [-0.15, -0.1) is 0 Å². The molecule has 0 unspecified atom stereocenters. The molecule has 1 N–H and O–H groups in total. The predicted molar refractivity (Wildman–Crippen MR) is 80.6 cm³/mol. The van der Waals surface area contributed by atoms with E-state index in [1.807, 2.05) is 18.2 Å². The molecule has 0 aliphatic heterocycles. The number of benzene rings is 2. The molecule has 106 valence electrons. The maximum atomic E-state index is 13.4. The van der Waals surface area contributed by atoms with Gasteiger partial charge in [-0.05, 0) is 47.4 Å². The Kier molecular flexibility index (Phi) is 4.78. The van der Waals surface area contributed by atoms with Gasteiger partial charge in [-0.1, -0.05) is 29.8 Å². The molecule has 20 heavy (non-hydrogen) atoms. The number of aliphatic hydroxyl groups is 1. The van der Waals surface area contributed by atoms with Crippen LogP contribution in [0.15, 0.2) is 40.9 Å². The Bertz CT molecular complexity index is 611. The second-order valence-corrected chi connectivity index (χ2v) is 5.81. The highest BCUT2D eigenvalue weighted by molar-refractivity contribution is 9.10. The fourth-order valence-electron chi connectivity index (χ4n) is 1.96. The van der Waals surface area contributed by atoms with E-state index < -0.39 is 5.82 Å². The summed E-state index contributed by atoms with van der Waals surface area (Å²) in [5.41, 5.74) is 1.53. The molecule has 0 bridgehead atoms. The molecule has 0 spiro atoms. The Morgan fingerprint density at radius 2 is 1.95 bits per heavy atom. The van der Waals surface area contributed by atoms with E-state index in [9.17, 15) is 4.39 Å². The minimum Gasteiger partial charge on any atom is -0.457 e. The van der Waals surface area contributed by atoms with Crippen molar-refractivity contribution in [1.29, 1.82) is 0 Å². The fraction of sp³-hybridized carbons (Fsp3) is 0.250. The van der Waals surface area contributed by atoms with E-state index in [1.165, 1.54) is 12.1 Å².